The number of ketones is 1. The molecule has 0 aromatic rings. The fraction of sp³-hybridized carbons (Fsp3) is 0.825. The van der Waals surface area contributed by atoms with Crippen molar-refractivity contribution >= 4 is 17.6 Å². The van der Waals surface area contributed by atoms with E-state index in [0.29, 0.717) is 24.8 Å². The zero-order chi connectivity index (χ0) is 36.8. The lowest BCUT2D eigenvalue weighted by Crippen LogP contribution is -2.50. The molecule has 0 aliphatic carbocycles. The molecule has 0 aromatic heterocycles. The Labute approximate surface area is 301 Å². The van der Waals surface area contributed by atoms with Crippen LogP contribution in [0.25, 0.3) is 0 Å². The molecule has 3 rings (SSSR count). The predicted molar refractivity (Wildman–Crippen MR) is 195 cm³/mol. The van der Waals surface area contributed by atoms with Gasteiger partial charge in [-0.2, -0.15) is 0 Å². The summed E-state index contributed by atoms with van der Waals surface area (Å²) in [5.74, 6) is -0.680. The first-order chi connectivity index (χ1) is 23.7. The number of ether oxygens (including phenoxy) is 3. The Morgan fingerprint density at radius 2 is 1.64 bits per heavy atom. The van der Waals surface area contributed by atoms with Gasteiger partial charge in [0.05, 0.1) is 49.0 Å². The summed E-state index contributed by atoms with van der Waals surface area (Å²) in [6.45, 7) is 14.2. The molecule has 286 valence electrons. The van der Waals surface area contributed by atoms with Crippen molar-refractivity contribution in [3.8, 4) is 0 Å². The minimum absolute atomic E-state index is 0.0223. The summed E-state index contributed by atoms with van der Waals surface area (Å²) < 4.78 is 19.5. The molecule has 10 nitrogen and oxygen atoms in total. The zero-order valence-electron chi connectivity index (χ0n) is 32.0. The van der Waals surface area contributed by atoms with E-state index in [0.717, 1.165) is 76.2 Å². The Balaban J connectivity index is 1.36. The van der Waals surface area contributed by atoms with Crippen LogP contribution in [0, 0.1) is 23.7 Å². The fourth-order valence-corrected chi connectivity index (χ4v) is 7.51. The van der Waals surface area contributed by atoms with Crippen LogP contribution < -0.4 is 10.6 Å². The normalized spacial score (nSPS) is 31.6. The van der Waals surface area contributed by atoms with Crippen molar-refractivity contribution in [3.63, 3.8) is 0 Å². The summed E-state index contributed by atoms with van der Waals surface area (Å²) in [6, 6.07) is 0. The maximum atomic E-state index is 12.9. The van der Waals surface area contributed by atoms with Gasteiger partial charge < -0.3 is 35.1 Å². The van der Waals surface area contributed by atoms with Crippen molar-refractivity contribution in [1.29, 1.82) is 0 Å². The summed E-state index contributed by atoms with van der Waals surface area (Å²) in [7, 11) is 0. The van der Waals surface area contributed by atoms with Gasteiger partial charge in [-0.05, 0) is 108 Å². The Morgan fingerprint density at radius 3 is 2.36 bits per heavy atom. The lowest BCUT2D eigenvalue weighted by atomic mass is 9.85. The van der Waals surface area contributed by atoms with Gasteiger partial charge in [-0.1, -0.05) is 39.8 Å². The van der Waals surface area contributed by atoms with Crippen LogP contribution in [0.5, 0.6) is 0 Å². The third-order valence-corrected chi connectivity index (χ3v) is 11.2. The number of amides is 2. The maximum Gasteiger partial charge on any atom is 0.225 e. The summed E-state index contributed by atoms with van der Waals surface area (Å²) in [5, 5.41) is 26.2. The molecule has 3 aliphatic rings. The molecule has 50 heavy (non-hydrogen) atoms. The molecule has 3 saturated heterocycles. The first-order valence-electron chi connectivity index (χ1n) is 19.5. The van der Waals surface area contributed by atoms with Crippen LogP contribution in [0.3, 0.4) is 0 Å². The van der Waals surface area contributed by atoms with Crippen molar-refractivity contribution in [1.82, 2.24) is 10.6 Å². The van der Waals surface area contributed by atoms with Crippen LogP contribution in [0.2, 0.25) is 0 Å². The molecular weight excluding hydrogens is 636 g/mol. The molecule has 2 amide bonds. The Morgan fingerprint density at radius 1 is 0.900 bits per heavy atom. The summed E-state index contributed by atoms with van der Waals surface area (Å²) in [4.78, 5) is 37.6. The highest BCUT2D eigenvalue weighted by molar-refractivity contribution is 5.89. The molecule has 3 fully saturated rings. The molecule has 1 spiro atoms. The third kappa shape index (κ3) is 13.8. The van der Waals surface area contributed by atoms with Gasteiger partial charge in [0.25, 0.3) is 0 Å². The highest BCUT2D eigenvalue weighted by Crippen LogP contribution is 2.43. The smallest absolute Gasteiger partial charge is 0.225 e. The van der Waals surface area contributed by atoms with E-state index in [1.165, 1.54) is 0 Å². The van der Waals surface area contributed by atoms with Gasteiger partial charge in [-0.25, -0.2) is 0 Å². The highest BCUT2D eigenvalue weighted by Gasteiger charge is 2.44. The SMILES string of the molecule is C/C=C/C(=O)C[C@H]1CC[C@@H](C)[C@@H](CC(=O)NC[C@@H](O)[C@H](C)C(=O)NCCC[C@H]2O[C@@]3(CCC[C@@H](CC[C@H](C)/C=C(\C)[C@H](C)O)O3)CC[C@@H]2C)O1. The van der Waals surface area contributed by atoms with Crippen LogP contribution in [0.15, 0.2) is 23.8 Å². The first kappa shape index (κ1) is 42.3. The van der Waals surface area contributed by atoms with E-state index in [-0.39, 0.29) is 60.9 Å². The van der Waals surface area contributed by atoms with Gasteiger partial charge in [0, 0.05) is 32.4 Å². The molecule has 0 bridgehead atoms. The van der Waals surface area contributed by atoms with Gasteiger partial charge in [-0.15, -0.1) is 0 Å². The third-order valence-electron chi connectivity index (χ3n) is 11.2. The summed E-state index contributed by atoms with van der Waals surface area (Å²) in [5.41, 5.74) is 1.01. The molecule has 11 atom stereocenters. The number of aliphatic hydroxyl groups excluding tert-OH is 2. The van der Waals surface area contributed by atoms with Crippen molar-refractivity contribution in [3.05, 3.63) is 23.8 Å². The molecule has 0 radical (unpaired) electrons. The number of rotatable bonds is 18. The van der Waals surface area contributed by atoms with E-state index in [9.17, 15) is 24.6 Å². The standard InChI is InChI=1S/C40H68N2O8/c1-8-11-32(44)23-34-17-15-27(3)37(48-34)24-38(46)42-25-35(45)30(6)39(47)41-21-10-13-36-28(4)18-20-40(50-36)19-9-12-33(49-40)16-14-26(2)22-29(5)31(7)43/h8,11,22,26-28,30-31,33-37,43,45H,9-10,12-21,23-25H2,1-7H3,(H,41,47)(H,42,46)/b11-8+,29-22+/t26-,27+,28-,30-,31-,33-,34+,35+,36+,37+,40-/m0/s1. The zero-order valence-corrected chi connectivity index (χ0v) is 32.0. The van der Waals surface area contributed by atoms with E-state index in [2.05, 4.69) is 30.6 Å². The monoisotopic (exact) mass is 704 g/mol. The number of nitrogens with one attached hydrogen (secondary N) is 2. The van der Waals surface area contributed by atoms with Gasteiger partial charge in [0.15, 0.2) is 11.6 Å². The van der Waals surface area contributed by atoms with Crippen molar-refractivity contribution < 1.29 is 38.8 Å². The lowest BCUT2D eigenvalue weighted by molar-refractivity contribution is -0.324. The number of carbonyl (C=O) groups excluding carboxylic acids is 3. The van der Waals surface area contributed by atoms with Crippen LogP contribution >= 0.6 is 0 Å². The number of allylic oxidation sites excluding steroid dienone is 3. The molecule has 0 unspecified atom stereocenters. The minimum atomic E-state index is -1.02. The lowest BCUT2D eigenvalue weighted by Gasteiger charge is -2.48. The van der Waals surface area contributed by atoms with Crippen molar-refractivity contribution in [2.45, 2.75) is 174 Å². The largest absolute Gasteiger partial charge is 0.390 e. The van der Waals surface area contributed by atoms with Gasteiger partial charge in [0.1, 0.15) is 0 Å². The molecule has 10 heteroatoms. The second kappa shape index (κ2) is 20.8. The first-order valence-corrected chi connectivity index (χ1v) is 19.5. The second-order valence-electron chi connectivity index (χ2n) is 15.7. The topological polar surface area (TPSA) is 143 Å². The van der Waals surface area contributed by atoms with E-state index < -0.39 is 23.9 Å². The minimum Gasteiger partial charge on any atom is -0.390 e. The number of aliphatic hydroxyl groups is 2. The number of hydrogen-bond acceptors (Lipinski definition) is 8. The average molecular weight is 705 g/mol. The average Bonchev–Trinajstić information content (AvgIpc) is 3.07. The fourth-order valence-electron chi connectivity index (χ4n) is 7.51. The van der Waals surface area contributed by atoms with Crippen molar-refractivity contribution in [2.24, 2.45) is 23.7 Å². The molecule has 4 N–H and O–H groups in total. The quantitative estimate of drug-likeness (QED) is 0.0782. The van der Waals surface area contributed by atoms with Crippen molar-refractivity contribution in [2.75, 3.05) is 13.1 Å². The van der Waals surface area contributed by atoms with E-state index in [1.807, 2.05) is 20.8 Å². The Bertz CT molecular complexity index is 1140. The van der Waals surface area contributed by atoms with Crippen LogP contribution in [0.1, 0.15) is 132 Å². The predicted octanol–water partition coefficient (Wildman–Crippen LogP) is 5.93. The van der Waals surface area contributed by atoms with Crippen LogP contribution in [0.4, 0.5) is 0 Å². The van der Waals surface area contributed by atoms with E-state index in [4.69, 9.17) is 14.2 Å². The highest BCUT2D eigenvalue weighted by atomic mass is 16.7. The molecule has 3 aliphatic heterocycles. The Hall–Kier alpha value is -2.11. The summed E-state index contributed by atoms with van der Waals surface area (Å²) >= 11 is 0. The van der Waals surface area contributed by atoms with E-state index in [1.54, 1.807) is 26.0 Å². The molecule has 0 saturated carbocycles. The number of hydrogen-bond donors (Lipinski definition) is 4. The van der Waals surface area contributed by atoms with E-state index >= 15 is 0 Å². The number of carbonyl (C=O) groups is 3. The van der Waals surface area contributed by atoms with Crippen LogP contribution in [-0.2, 0) is 28.6 Å². The van der Waals surface area contributed by atoms with Gasteiger partial charge in [0.2, 0.25) is 11.8 Å². The molecular formula is C40H68N2O8. The molecule has 0 aromatic carbocycles. The van der Waals surface area contributed by atoms with Crippen LogP contribution in [-0.4, -0.2) is 83.3 Å². The van der Waals surface area contributed by atoms with Gasteiger partial charge in [-0.3, -0.25) is 14.4 Å². The molecule has 3 heterocycles. The summed E-state index contributed by atoms with van der Waals surface area (Å²) in [6.07, 6.45) is 14.5. The second-order valence-corrected chi connectivity index (χ2v) is 15.7. The Kier molecular flexibility index (Phi) is 17.6. The van der Waals surface area contributed by atoms with Gasteiger partial charge >= 0.3 is 0 Å². The maximum absolute atomic E-state index is 12.9.